The fourth-order valence-corrected chi connectivity index (χ4v) is 1.40. The first-order chi connectivity index (χ1) is 7.65. The highest BCUT2D eigenvalue weighted by molar-refractivity contribution is 6.30. The van der Waals surface area contributed by atoms with Crippen LogP contribution in [0.1, 0.15) is 0 Å². The predicted octanol–water partition coefficient (Wildman–Crippen LogP) is 2.77. The minimum atomic E-state index is 0.114. The van der Waals surface area contributed by atoms with Crippen LogP contribution in [0.3, 0.4) is 0 Å². The van der Waals surface area contributed by atoms with E-state index in [2.05, 4.69) is 10.3 Å². The van der Waals surface area contributed by atoms with Crippen molar-refractivity contribution in [2.75, 3.05) is 11.1 Å². The van der Waals surface area contributed by atoms with Crippen molar-refractivity contribution in [3.05, 3.63) is 41.6 Å². The Morgan fingerprint density at radius 2 is 2.06 bits per heavy atom. The quantitative estimate of drug-likeness (QED) is 0.700. The summed E-state index contributed by atoms with van der Waals surface area (Å²) in [4.78, 5) is 4.05. The molecule has 0 fully saturated rings. The van der Waals surface area contributed by atoms with Gasteiger partial charge in [0.25, 0.3) is 0 Å². The molecular weight excluding hydrogens is 226 g/mol. The fraction of sp³-hybridized carbons (Fsp3) is 0. The lowest BCUT2D eigenvalue weighted by molar-refractivity contribution is 0.477. The third kappa shape index (κ3) is 2.35. The highest BCUT2D eigenvalue weighted by Crippen LogP contribution is 2.28. The highest BCUT2D eigenvalue weighted by atomic mass is 35.5. The van der Waals surface area contributed by atoms with E-state index >= 15 is 0 Å². The summed E-state index contributed by atoms with van der Waals surface area (Å²) in [5.74, 6) is 0.704. The van der Waals surface area contributed by atoms with Crippen LogP contribution in [0, 0.1) is 0 Å². The SMILES string of the molecule is Nc1ccc(Nc2cc(Cl)ccc2O)nc1. The van der Waals surface area contributed by atoms with Crippen molar-refractivity contribution in [3.8, 4) is 5.75 Å². The van der Waals surface area contributed by atoms with Crippen LogP contribution < -0.4 is 11.1 Å². The summed E-state index contributed by atoms with van der Waals surface area (Å²) in [6, 6.07) is 8.18. The van der Waals surface area contributed by atoms with Crippen LogP contribution in [0.5, 0.6) is 5.75 Å². The van der Waals surface area contributed by atoms with Gasteiger partial charge in [-0.05, 0) is 30.3 Å². The lowest BCUT2D eigenvalue weighted by Crippen LogP contribution is -1.94. The van der Waals surface area contributed by atoms with Crippen molar-refractivity contribution in [1.29, 1.82) is 0 Å². The molecule has 82 valence electrons. The Hall–Kier alpha value is -1.94. The third-order valence-corrected chi connectivity index (χ3v) is 2.24. The molecule has 0 spiro atoms. The van der Waals surface area contributed by atoms with Crippen molar-refractivity contribution >= 4 is 28.8 Å². The minimum absolute atomic E-state index is 0.114. The summed E-state index contributed by atoms with van der Waals surface area (Å²) in [6.07, 6.45) is 1.53. The number of nitrogens with two attached hydrogens (primary N) is 1. The molecule has 0 amide bonds. The molecule has 0 aliphatic heterocycles. The van der Waals surface area contributed by atoms with E-state index in [9.17, 15) is 5.11 Å². The zero-order valence-electron chi connectivity index (χ0n) is 8.31. The van der Waals surface area contributed by atoms with Crippen LogP contribution >= 0.6 is 11.6 Å². The Morgan fingerprint density at radius 1 is 1.25 bits per heavy atom. The summed E-state index contributed by atoms with van der Waals surface area (Å²) in [5, 5.41) is 13.1. The van der Waals surface area contributed by atoms with Gasteiger partial charge in [-0.1, -0.05) is 11.6 Å². The number of nitrogens with zero attached hydrogens (tertiary/aromatic N) is 1. The molecule has 5 heteroatoms. The molecule has 16 heavy (non-hydrogen) atoms. The first kappa shape index (κ1) is 10.6. The van der Waals surface area contributed by atoms with Crippen molar-refractivity contribution in [1.82, 2.24) is 4.98 Å². The summed E-state index contributed by atoms with van der Waals surface area (Å²) in [6.45, 7) is 0. The standard InChI is InChI=1S/C11H10ClN3O/c12-7-1-3-10(16)9(5-7)15-11-4-2-8(13)6-14-11/h1-6,16H,13H2,(H,14,15). The second kappa shape index (κ2) is 4.28. The van der Waals surface area contributed by atoms with Crippen molar-refractivity contribution in [2.24, 2.45) is 0 Å². The number of nitrogens with one attached hydrogen (secondary N) is 1. The van der Waals surface area contributed by atoms with Gasteiger partial charge in [0.2, 0.25) is 0 Å². The number of hydrogen-bond acceptors (Lipinski definition) is 4. The van der Waals surface area contributed by atoms with Crippen LogP contribution in [0.15, 0.2) is 36.5 Å². The molecule has 2 rings (SSSR count). The zero-order valence-corrected chi connectivity index (χ0v) is 9.07. The van der Waals surface area contributed by atoms with Gasteiger partial charge in [0.15, 0.2) is 0 Å². The number of phenolic OH excluding ortho intramolecular Hbond substituents is 1. The van der Waals surface area contributed by atoms with E-state index in [4.69, 9.17) is 17.3 Å². The fourth-order valence-electron chi connectivity index (χ4n) is 1.23. The molecule has 0 bridgehead atoms. The van der Waals surface area contributed by atoms with Gasteiger partial charge in [-0.3, -0.25) is 0 Å². The summed E-state index contributed by atoms with van der Waals surface area (Å²) in [5.41, 5.74) is 6.60. The maximum Gasteiger partial charge on any atom is 0.139 e. The molecule has 0 saturated heterocycles. The third-order valence-electron chi connectivity index (χ3n) is 2.01. The number of halogens is 1. The van der Waals surface area contributed by atoms with Gasteiger partial charge in [0, 0.05) is 5.02 Å². The van der Waals surface area contributed by atoms with Gasteiger partial charge in [0.1, 0.15) is 11.6 Å². The number of hydrogen-bond donors (Lipinski definition) is 3. The smallest absolute Gasteiger partial charge is 0.139 e. The van der Waals surface area contributed by atoms with Crippen LogP contribution in [-0.4, -0.2) is 10.1 Å². The largest absolute Gasteiger partial charge is 0.506 e. The Morgan fingerprint density at radius 3 is 2.75 bits per heavy atom. The Bertz CT molecular complexity index is 499. The maximum atomic E-state index is 9.58. The summed E-state index contributed by atoms with van der Waals surface area (Å²) >= 11 is 5.82. The van der Waals surface area contributed by atoms with E-state index in [1.54, 1.807) is 24.3 Å². The van der Waals surface area contributed by atoms with Gasteiger partial charge in [0.05, 0.1) is 17.6 Å². The number of nitrogen functional groups attached to an aromatic ring is 1. The molecule has 0 unspecified atom stereocenters. The molecule has 0 atom stereocenters. The van der Waals surface area contributed by atoms with Gasteiger partial charge < -0.3 is 16.2 Å². The lowest BCUT2D eigenvalue weighted by Gasteiger charge is -2.07. The van der Waals surface area contributed by atoms with E-state index < -0.39 is 0 Å². The van der Waals surface area contributed by atoms with Crippen molar-refractivity contribution in [2.45, 2.75) is 0 Å². The molecule has 1 heterocycles. The highest BCUT2D eigenvalue weighted by Gasteiger charge is 2.02. The van der Waals surface area contributed by atoms with Gasteiger partial charge in [-0.15, -0.1) is 0 Å². The average molecular weight is 236 g/mol. The van der Waals surface area contributed by atoms with E-state index in [1.165, 1.54) is 12.3 Å². The van der Waals surface area contributed by atoms with E-state index in [0.717, 1.165) is 0 Å². The zero-order chi connectivity index (χ0) is 11.5. The van der Waals surface area contributed by atoms with E-state index in [-0.39, 0.29) is 5.75 Å². The van der Waals surface area contributed by atoms with Crippen LogP contribution in [0.2, 0.25) is 5.02 Å². The minimum Gasteiger partial charge on any atom is -0.506 e. The Balaban J connectivity index is 2.26. The predicted molar refractivity (Wildman–Crippen MR) is 65.0 cm³/mol. The molecular formula is C11H10ClN3O. The Kier molecular flexibility index (Phi) is 2.83. The van der Waals surface area contributed by atoms with Gasteiger partial charge in [-0.2, -0.15) is 0 Å². The number of anilines is 3. The van der Waals surface area contributed by atoms with Crippen molar-refractivity contribution < 1.29 is 5.11 Å². The molecule has 0 radical (unpaired) electrons. The molecule has 0 saturated carbocycles. The molecule has 0 aliphatic rings. The van der Waals surface area contributed by atoms with Gasteiger partial charge >= 0.3 is 0 Å². The van der Waals surface area contributed by atoms with E-state index in [0.29, 0.717) is 22.2 Å². The number of rotatable bonds is 2. The van der Waals surface area contributed by atoms with Crippen LogP contribution in [-0.2, 0) is 0 Å². The summed E-state index contributed by atoms with van der Waals surface area (Å²) in [7, 11) is 0. The number of aromatic nitrogens is 1. The number of pyridine rings is 1. The van der Waals surface area contributed by atoms with E-state index in [1.807, 2.05) is 0 Å². The lowest BCUT2D eigenvalue weighted by atomic mass is 10.3. The topological polar surface area (TPSA) is 71.2 Å². The summed E-state index contributed by atoms with van der Waals surface area (Å²) < 4.78 is 0. The van der Waals surface area contributed by atoms with Gasteiger partial charge in [-0.25, -0.2) is 4.98 Å². The molecule has 4 N–H and O–H groups in total. The normalized spacial score (nSPS) is 10.1. The first-order valence-electron chi connectivity index (χ1n) is 4.62. The molecule has 1 aromatic heterocycles. The molecule has 2 aromatic rings. The maximum absolute atomic E-state index is 9.58. The monoisotopic (exact) mass is 235 g/mol. The second-order valence-electron chi connectivity index (χ2n) is 3.26. The average Bonchev–Trinajstić information content (AvgIpc) is 2.27. The molecule has 1 aromatic carbocycles. The number of aromatic hydroxyl groups is 1. The number of benzene rings is 1. The van der Waals surface area contributed by atoms with Crippen LogP contribution in [0.25, 0.3) is 0 Å². The second-order valence-corrected chi connectivity index (χ2v) is 3.70. The van der Waals surface area contributed by atoms with Crippen molar-refractivity contribution in [3.63, 3.8) is 0 Å². The molecule has 4 nitrogen and oxygen atoms in total. The van der Waals surface area contributed by atoms with Crippen LogP contribution in [0.4, 0.5) is 17.2 Å². The Labute approximate surface area is 97.7 Å². The first-order valence-corrected chi connectivity index (χ1v) is 5.00. The number of phenols is 1. The molecule has 0 aliphatic carbocycles.